The van der Waals surface area contributed by atoms with Crippen molar-refractivity contribution in [2.45, 2.75) is 32.1 Å². The molecule has 1 fully saturated rings. The number of piperidine rings is 1. The van der Waals surface area contributed by atoms with Gasteiger partial charge < -0.3 is 15.0 Å². The van der Waals surface area contributed by atoms with Crippen LogP contribution in [-0.2, 0) is 10.7 Å². The highest BCUT2D eigenvalue weighted by Gasteiger charge is 2.53. The minimum Gasteiger partial charge on any atom is -0.498 e. The van der Waals surface area contributed by atoms with E-state index in [0.717, 1.165) is 19.1 Å². The largest absolute Gasteiger partial charge is 0.498 e. The third-order valence-electron chi connectivity index (χ3n) is 6.16. The molecule has 0 aromatic heterocycles. The van der Waals surface area contributed by atoms with Crippen LogP contribution in [0.4, 0.5) is 25.0 Å². The molecule has 170 valence electrons. The number of carboxylic acids is 1. The number of amides is 1. The van der Waals surface area contributed by atoms with E-state index in [9.17, 15) is 38.7 Å². The number of aliphatic carboxylic acids is 1. The van der Waals surface area contributed by atoms with E-state index in [-0.39, 0.29) is 36.4 Å². The quantitative estimate of drug-likeness (QED) is 0.424. The van der Waals surface area contributed by atoms with Crippen LogP contribution < -0.4 is 9.59 Å². The summed E-state index contributed by atoms with van der Waals surface area (Å²) in [5.74, 6) is -4.86. The first kappa shape index (κ1) is 23.3. The number of non-ortho nitro benzene ring substituents is 1. The van der Waals surface area contributed by atoms with E-state index >= 15 is 0 Å². The third-order valence-corrected chi connectivity index (χ3v) is 6.16. The molecule has 3 rings (SSSR count). The fourth-order valence-electron chi connectivity index (χ4n) is 4.44. The zero-order valence-corrected chi connectivity index (χ0v) is 17.5. The molecule has 3 unspecified atom stereocenters. The van der Waals surface area contributed by atoms with E-state index in [4.69, 9.17) is 0 Å². The standard InChI is InChI=1S/C22H22F2N2O6/c1-21(19(27)28)11-15(14-3-5-16(6-4-14)22(2,23)24)12-26(13-21,20(29)30)18-9-7-17(8-10-18)25(31)32/h3-10,15H,11-13H2,1-2H3,(H-,27,28,29,30). The number of nitrogens with zero attached hydrogens (tertiary/aromatic N) is 2. The number of quaternary nitrogens is 1. The minimum absolute atomic E-state index is 0.0878. The smallest absolute Gasteiger partial charge is 0.315 e. The van der Waals surface area contributed by atoms with E-state index in [1.807, 2.05) is 0 Å². The number of carbonyl (C=O) groups excluding carboxylic acids is 1. The molecule has 1 amide bonds. The summed E-state index contributed by atoms with van der Waals surface area (Å²) in [6.45, 7) is 1.77. The maximum Gasteiger partial charge on any atom is 0.315 e. The van der Waals surface area contributed by atoms with E-state index < -0.39 is 38.7 Å². The first-order valence-corrected chi connectivity index (χ1v) is 9.84. The predicted molar refractivity (Wildman–Crippen MR) is 109 cm³/mol. The van der Waals surface area contributed by atoms with Crippen LogP contribution in [-0.4, -0.2) is 35.2 Å². The van der Waals surface area contributed by atoms with Gasteiger partial charge in [0.1, 0.15) is 17.6 Å². The van der Waals surface area contributed by atoms with Gasteiger partial charge in [0, 0.05) is 42.7 Å². The molecule has 1 aliphatic heterocycles. The Labute approximate surface area is 182 Å². The molecule has 3 atom stereocenters. The molecule has 2 aromatic rings. The van der Waals surface area contributed by atoms with Crippen LogP contribution in [0.1, 0.15) is 37.3 Å². The average molecular weight is 448 g/mol. The Bertz CT molecular complexity index is 1050. The molecule has 32 heavy (non-hydrogen) atoms. The van der Waals surface area contributed by atoms with Gasteiger partial charge in [0.05, 0.1) is 11.5 Å². The lowest BCUT2D eigenvalue weighted by Crippen LogP contribution is -2.68. The van der Waals surface area contributed by atoms with Crippen LogP contribution >= 0.6 is 0 Å². The van der Waals surface area contributed by atoms with Crippen molar-refractivity contribution < 1.29 is 33.5 Å². The third kappa shape index (κ3) is 4.18. The molecule has 0 saturated carbocycles. The number of benzene rings is 2. The van der Waals surface area contributed by atoms with Gasteiger partial charge in [0.2, 0.25) is 0 Å². The Morgan fingerprint density at radius 2 is 1.72 bits per heavy atom. The van der Waals surface area contributed by atoms with E-state index in [1.54, 1.807) is 0 Å². The lowest BCUT2D eigenvalue weighted by Gasteiger charge is -2.49. The van der Waals surface area contributed by atoms with Crippen LogP contribution in [0, 0.1) is 15.5 Å². The summed E-state index contributed by atoms with van der Waals surface area (Å²) in [6.07, 6.45) is -1.46. The molecule has 0 aliphatic carbocycles. The van der Waals surface area contributed by atoms with Crippen molar-refractivity contribution in [1.29, 1.82) is 0 Å². The molecule has 1 saturated heterocycles. The summed E-state index contributed by atoms with van der Waals surface area (Å²) in [6, 6.07) is 10.2. The van der Waals surface area contributed by atoms with Crippen LogP contribution in [0.25, 0.3) is 0 Å². The monoisotopic (exact) mass is 448 g/mol. The van der Waals surface area contributed by atoms with Gasteiger partial charge in [-0.15, -0.1) is 0 Å². The highest BCUT2D eigenvalue weighted by atomic mass is 19.3. The summed E-state index contributed by atoms with van der Waals surface area (Å²) in [4.78, 5) is 34.9. The molecule has 8 nitrogen and oxygen atoms in total. The summed E-state index contributed by atoms with van der Waals surface area (Å²) < 4.78 is 26.3. The zero-order chi connectivity index (χ0) is 23.9. The minimum atomic E-state index is -3.05. The van der Waals surface area contributed by atoms with Crippen molar-refractivity contribution in [2.75, 3.05) is 13.1 Å². The van der Waals surface area contributed by atoms with Gasteiger partial charge in [-0.05, 0) is 18.9 Å². The molecule has 1 N–H and O–H groups in total. The van der Waals surface area contributed by atoms with Crippen LogP contribution in [0.15, 0.2) is 48.5 Å². The number of halogens is 2. The van der Waals surface area contributed by atoms with Crippen molar-refractivity contribution >= 4 is 23.4 Å². The number of alkyl halides is 2. The second-order valence-electron chi connectivity index (χ2n) is 8.63. The van der Waals surface area contributed by atoms with Gasteiger partial charge >= 0.3 is 5.97 Å². The molecule has 0 spiro atoms. The second kappa shape index (κ2) is 7.94. The highest BCUT2D eigenvalue weighted by molar-refractivity contribution is 5.83. The Kier molecular flexibility index (Phi) is 5.77. The number of hydrogen-bond donors (Lipinski definition) is 1. The molecule has 2 aromatic carbocycles. The number of nitro benzene ring substituents is 1. The van der Waals surface area contributed by atoms with Crippen LogP contribution in [0.3, 0.4) is 0 Å². The molecule has 1 heterocycles. The van der Waals surface area contributed by atoms with Gasteiger partial charge in [0.25, 0.3) is 17.7 Å². The Balaban J connectivity index is 2.10. The van der Waals surface area contributed by atoms with Gasteiger partial charge in [-0.2, -0.15) is 0 Å². The highest BCUT2D eigenvalue weighted by Crippen LogP contribution is 2.44. The summed E-state index contributed by atoms with van der Waals surface area (Å²) in [7, 11) is 0. The molecule has 0 radical (unpaired) electrons. The van der Waals surface area contributed by atoms with Gasteiger partial charge in [0.15, 0.2) is 0 Å². The van der Waals surface area contributed by atoms with E-state index in [0.29, 0.717) is 5.56 Å². The summed E-state index contributed by atoms with van der Waals surface area (Å²) in [5, 5.41) is 33.3. The number of rotatable bonds is 5. The number of hydrogen-bond acceptors (Lipinski definition) is 5. The van der Waals surface area contributed by atoms with Crippen LogP contribution in [0.2, 0.25) is 0 Å². The first-order chi connectivity index (χ1) is 14.8. The molecule has 0 bridgehead atoms. The number of likely N-dealkylation sites (tertiary alicyclic amines) is 1. The van der Waals surface area contributed by atoms with Gasteiger partial charge in [-0.3, -0.25) is 14.9 Å². The topological polar surface area (TPSA) is 121 Å². The zero-order valence-electron chi connectivity index (χ0n) is 17.5. The van der Waals surface area contributed by atoms with Crippen molar-refractivity contribution in [3.05, 3.63) is 69.8 Å². The molecular formula is C22H22F2N2O6. The van der Waals surface area contributed by atoms with Crippen molar-refractivity contribution in [1.82, 2.24) is 4.48 Å². The number of nitro groups is 1. The SMILES string of the molecule is CC1(C(=O)O)CC(c2ccc(C(C)(F)F)cc2)C[N+](C(=O)[O-])(c2ccc([N+](=O)[O-])cc2)C1. The lowest BCUT2D eigenvalue weighted by atomic mass is 9.73. The van der Waals surface area contributed by atoms with Gasteiger partial charge in [-0.25, -0.2) is 13.3 Å². The fraction of sp³-hybridized carbons (Fsp3) is 0.364. The second-order valence-corrected chi connectivity index (χ2v) is 8.63. The predicted octanol–water partition coefficient (Wildman–Crippen LogP) is 3.64. The number of carboxylic acid groups (broad SMARTS) is 2. The average Bonchev–Trinajstić information content (AvgIpc) is 2.72. The van der Waals surface area contributed by atoms with E-state index in [1.165, 1.54) is 43.3 Å². The summed E-state index contributed by atoms with van der Waals surface area (Å²) in [5.41, 5.74) is -1.26. The maximum absolute atomic E-state index is 13.6. The van der Waals surface area contributed by atoms with E-state index in [2.05, 4.69) is 0 Å². The molecule has 10 heteroatoms. The van der Waals surface area contributed by atoms with Crippen LogP contribution in [0.5, 0.6) is 0 Å². The normalized spacial score (nSPS) is 25.8. The number of carbonyl (C=O) groups is 2. The molecule has 1 aliphatic rings. The first-order valence-electron chi connectivity index (χ1n) is 9.84. The van der Waals surface area contributed by atoms with Crippen molar-refractivity contribution in [2.24, 2.45) is 5.41 Å². The Morgan fingerprint density at radius 3 is 2.16 bits per heavy atom. The molecular weight excluding hydrogens is 426 g/mol. The van der Waals surface area contributed by atoms with Crippen molar-refractivity contribution in [3.8, 4) is 0 Å². The Hall–Kier alpha value is -3.40. The van der Waals surface area contributed by atoms with Gasteiger partial charge in [-0.1, -0.05) is 24.3 Å². The summed E-state index contributed by atoms with van der Waals surface area (Å²) >= 11 is 0. The lowest BCUT2D eigenvalue weighted by molar-refractivity contribution is -0.384. The Morgan fingerprint density at radius 1 is 1.16 bits per heavy atom. The fourth-order valence-corrected chi connectivity index (χ4v) is 4.44. The van der Waals surface area contributed by atoms with Crippen molar-refractivity contribution in [3.63, 3.8) is 0 Å². The maximum atomic E-state index is 13.6.